The Hall–Kier alpha value is -1.02. The summed E-state index contributed by atoms with van der Waals surface area (Å²) in [6, 6.07) is 9.81. The van der Waals surface area contributed by atoms with E-state index in [2.05, 4.69) is 48.5 Å². The Morgan fingerprint density at radius 3 is 2.20 bits per heavy atom. The van der Waals surface area contributed by atoms with Crippen LogP contribution in [0.15, 0.2) is 24.3 Å². The summed E-state index contributed by atoms with van der Waals surface area (Å²) in [6.45, 7) is 4.42. The van der Waals surface area contributed by atoms with Crippen molar-refractivity contribution in [1.82, 2.24) is 5.32 Å². The molecule has 0 bridgehead atoms. The molecule has 2 saturated carbocycles. The number of rotatable bonds is 8. The molecule has 2 aliphatic rings. The van der Waals surface area contributed by atoms with Gasteiger partial charge in [0.15, 0.2) is 0 Å². The monoisotopic (exact) mass is 272 g/mol. The predicted octanol–water partition coefficient (Wildman–Crippen LogP) is 3.46. The van der Waals surface area contributed by atoms with Crippen LogP contribution < -0.4 is 10.2 Å². The van der Waals surface area contributed by atoms with E-state index in [1.165, 1.54) is 36.9 Å². The first kappa shape index (κ1) is 13.9. The third kappa shape index (κ3) is 3.54. The van der Waals surface area contributed by atoms with Gasteiger partial charge in [-0.1, -0.05) is 19.1 Å². The predicted molar refractivity (Wildman–Crippen MR) is 86.3 cm³/mol. The molecule has 2 nitrogen and oxygen atoms in total. The largest absolute Gasteiger partial charge is 0.373 e. The summed E-state index contributed by atoms with van der Waals surface area (Å²) in [5.74, 6) is 1.99. The number of anilines is 1. The van der Waals surface area contributed by atoms with Gasteiger partial charge in [0, 0.05) is 31.9 Å². The van der Waals surface area contributed by atoms with E-state index in [0.717, 1.165) is 37.4 Å². The summed E-state index contributed by atoms with van der Waals surface area (Å²) >= 11 is 0. The molecule has 0 aliphatic heterocycles. The van der Waals surface area contributed by atoms with E-state index in [9.17, 15) is 0 Å². The van der Waals surface area contributed by atoms with Crippen LogP contribution in [0.3, 0.4) is 0 Å². The molecular weight excluding hydrogens is 244 g/mol. The van der Waals surface area contributed by atoms with Gasteiger partial charge in [0.2, 0.25) is 0 Å². The molecule has 1 aromatic rings. The molecule has 2 fully saturated rings. The maximum Gasteiger partial charge on any atom is 0.0364 e. The van der Waals surface area contributed by atoms with Gasteiger partial charge in [-0.25, -0.2) is 0 Å². The van der Waals surface area contributed by atoms with E-state index in [1.807, 2.05) is 0 Å². The van der Waals surface area contributed by atoms with E-state index >= 15 is 0 Å². The number of benzene rings is 1. The number of hydrogen-bond acceptors (Lipinski definition) is 2. The van der Waals surface area contributed by atoms with Crippen LogP contribution in [-0.4, -0.2) is 26.2 Å². The first-order valence-corrected chi connectivity index (χ1v) is 8.31. The quantitative estimate of drug-likeness (QED) is 0.779. The van der Waals surface area contributed by atoms with Crippen molar-refractivity contribution in [2.75, 3.05) is 25.0 Å². The summed E-state index contributed by atoms with van der Waals surface area (Å²) in [4.78, 5) is 2.36. The van der Waals surface area contributed by atoms with Gasteiger partial charge in [0.05, 0.1) is 0 Å². The van der Waals surface area contributed by atoms with Crippen molar-refractivity contribution in [2.45, 2.75) is 45.1 Å². The van der Waals surface area contributed by atoms with Crippen molar-refractivity contribution in [3.05, 3.63) is 29.8 Å². The van der Waals surface area contributed by atoms with E-state index < -0.39 is 0 Å². The molecule has 0 heterocycles. The van der Waals surface area contributed by atoms with Gasteiger partial charge < -0.3 is 10.2 Å². The molecule has 0 radical (unpaired) electrons. The third-order valence-corrected chi connectivity index (χ3v) is 4.87. The van der Waals surface area contributed by atoms with E-state index in [1.54, 1.807) is 0 Å². The molecule has 0 unspecified atom stereocenters. The summed E-state index contributed by atoms with van der Waals surface area (Å²) < 4.78 is 0. The lowest BCUT2D eigenvalue weighted by Crippen LogP contribution is -2.38. The van der Waals surface area contributed by atoms with Gasteiger partial charge in [-0.15, -0.1) is 0 Å². The molecule has 0 aromatic heterocycles. The van der Waals surface area contributed by atoms with Gasteiger partial charge in [0.25, 0.3) is 0 Å². The normalized spacial score (nSPS) is 18.6. The van der Waals surface area contributed by atoms with Gasteiger partial charge in [-0.2, -0.15) is 0 Å². The lowest BCUT2D eigenvalue weighted by Gasteiger charge is -2.23. The summed E-state index contributed by atoms with van der Waals surface area (Å²) in [7, 11) is 2.20. The molecule has 1 aromatic carbocycles. The van der Waals surface area contributed by atoms with E-state index in [0.29, 0.717) is 0 Å². The van der Waals surface area contributed by atoms with Crippen LogP contribution in [0.4, 0.5) is 5.69 Å². The second-order valence-corrected chi connectivity index (χ2v) is 6.60. The minimum atomic E-state index is 0.825. The first-order chi connectivity index (χ1) is 9.78. The van der Waals surface area contributed by atoms with E-state index in [-0.39, 0.29) is 0 Å². The highest BCUT2D eigenvalue weighted by molar-refractivity contribution is 5.46. The molecular formula is C18H28N2. The van der Waals surface area contributed by atoms with Crippen molar-refractivity contribution in [3.8, 4) is 0 Å². The van der Waals surface area contributed by atoms with Gasteiger partial charge >= 0.3 is 0 Å². The SMILES string of the molecule is CCc1ccc(N(C)CCNC(C2CC2)C2CC2)cc1. The Bertz CT molecular complexity index is 406. The van der Waals surface area contributed by atoms with Crippen molar-refractivity contribution in [3.63, 3.8) is 0 Å². The molecule has 3 rings (SSSR count). The van der Waals surface area contributed by atoms with Crippen LogP contribution in [-0.2, 0) is 6.42 Å². The number of aryl methyl sites for hydroxylation is 1. The number of nitrogens with one attached hydrogen (secondary N) is 1. The Labute approximate surface area is 123 Å². The highest BCUT2D eigenvalue weighted by Gasteiger charge is 2.40. The van der Waals surface area contributed by atoms with Crippen LogP contribution in [0.1, 0.15) is 38.2 Å². The Morgan fingerprint density at radius 1 is 1.10 bits per heavy atom. The third-order valence-electron chi connectivity index (χ3n) is 4.87. The smallest absolute Gasteiger partial charge is 0.0364 e. The zero-order valence-electron chi connectivity index (χ0n) is 12.9. The van der Waals surface area contributed by atoms with Crippen LogP contribution in [0, 0.1) is 11.8 Å². The van der Waals surface area contributed by atoms with Crippen molar-refractivity contribution < 1.29 is 0 Å². The maximum absolute atomic E-state index is 3.83. The molecule has 2 heteroatoms. The zero-order valence-corrected chi connectivity index (χ0v) is 12.9. The van der Waals surface area contributed by atoms with Gasteiger partial charge in [-0.3, -0.25) is 0 Å². The van der Waals surface area contributed by atoms with Crippen molar-refractivity contribution >= 4 is 5.69 Å². The number of likely N-dealkylation sites (N-methyl/N-ethyl adjacent to an activating group) is 1. The zero-order chi connectivity index (χ0) is 13.9. The Balaban J connectivity index is 1.44. The van der Waals surface area contributed by atoms with Crippen LogP contribution in [0.25, 0.3) is 0 Å². The Morgan fingerprint density at radius 2 is 1.70 bits per heavy atom. The Kier molecular flexibility index (Phi) is 4.30. The molecule has 0 saturated heterocycles. The second kappa shape index (κ2) is 6.17. The second-order valence-electron chi connectivity index (χ2n) is 6.60. The first-order valence-electron chi connectivity index (χ1n) is 8.31. The highest BCUT2D eigenvalue weighted by atomic mass is 15.1. The lowest BCUT2D eigenvalue weighted by molar-refractivity contribution is 0.421. The fraction of sp³-hybridized carbons (Fsp3) is 0.667. The fourth-order valence-electron chi connectivity index (χ4n) is 3.14. The molecule has 2 aliphatic carbocycles. The summed E-state index contributed by atoms with van der Waals surface area (Å²) in [5, 5.41) is 3.83. The lowest BCUT2D eigenvalue weighted by atomic mass is 10.1. The fourth-order valence-corrected chi connectivity index (χ4v) is 3.14. The van der Waals surface area contributed by atoms with Crippen LogP contribution >= 0.6 is 0 Å². The van der Waals surface area contributed by atoms with Crippen molar-refractivity contribution in [2.24, 2.45) is 11.8 Å². The molecule has 0 spiro atoms. The van der Waals surface area contributed by atoms with Crippen LogP contribution in [0.2, 0.25) is 0 Å². The number of nitrogens with zero attached hydrogens (tertiary/aromatic N) is 1. The highest BCUT2D eigenvalue weighted by Crippen LogP contribution is 2.44. The van der Waals surface area contributed by atoms with Gasteiger partial charge in [-0.05, 0) is 61.6 Å². The maximum atomic E-state index is 3.83. The molecule has 0 atom stereocenters. The number of hydrogen-bond donors (Lipinski definition) is 1. The standard InChI is InChI=1S/C18H28N2/c1-3-14-4-10-17(11-5-14)20(2)13-12-19-18(15-6-7-15)16-8-9-16/h4-5,10-11,15-16,18-19H,3,6-9,12-13H2,1-2H3. The molecule has 20 heavy (non-hydrogen) atoms. The molecule has 0 amide bonds. The van der Waals surface area contributed by atoms with Crippen LogP contribution in [0.5, 0.6) is 0 Å². The summed E-state index contributed by atoms with van der Waals surface area (Å²) in [6.07, 6.45) is 6.96. The minimum absolute atomic E-state index is 0.825. The molecule has 1 N–H and O–H groups in total. The molecule has 110 valence electrons. The van der Waals surface area contributed by atoms with Gasteiger partial charge in [0.1, 0.15) is 0 Å². The average molecular weight is 272 g/mol. The average Bonchev–Trinajstić information content (AvgIpc) is 3.37. The van der Waals surface area contributed by atoms with E-state index in [4.69, 9.17) is 0 Å². The topological polar surface area (TPSA) is 15.3 Å². The minimum Gasteiger partial charge on any atom is -0.373 e. The van der Waals surface area contributed by atoms with Crippen molar-refractivity contribution in [1.29, 1.82) is 0 Å². The summed E-state index contributed by atoms with van der Waals surface area (Å²) in [5.41, 5.74) is 2.75.